The van der Waals surface area contributed by atoms with Gasteiger partial charge in [-0.2, -0.15) is 0 Å². The summed E-state index contributed by atoms with van der Waals surface area (Å²) in [5.41, 5.74) is 5.15. The lowest BCUT2D eigenvalue weighted by atomic mass is 9.94. The molecule has 8 rings (SSSR count). The van der Waals surface area contributed by atoms with Crippen LogP contribution in [0.2, 0.25) is 0 Å². The standard InChI is InChI=1S/C36H23NO/c1-2-10-24(11-3-1)37(26-19-21-36-34(23-26)32-16-8-9-17-35(32)38-36)25-18-20-31-29-14-5-4-12-27(29)28-13-6-7-15-30(28)33(31)22-25/h1-23H. The van der Waals surface area contributed by atoms with Gasteiger partial charge in [0.1, 0.15) is 11.2 Å². The second kappa shape index (κ2) is 8.22. The summed E-state index contributed by atoms with van der Waals surface area (Å²) < 4.78 is 6.13. The highest BCUT2D eigenvalue weighted by molar-refractivity contribution is 6.25. The molecule has 1 heterocycles. The fourth-order valence-corrected chi connectivity index (χ4v) is 5.91. The van der Waals surface area contributed by atoms with Crippen molar-refractivity contribution in [1.82, 2.24) is 0 Å². The van der Waals surface area contributed by atoms with E-state index in [0.29, 0.717) is 0 Å². The van der Waals surface area contributed by atoms with Crippen LogP contribution in [0, 0.1) is 0 Å². The third kappa shape index (κ3) is 3.14. The van der Waals surface area contributed by atoms with Gasteiger partial charge in [-0.1, -0.05) is 91.0 Å². The minimum absolute atomic E-state index is 0.902. The number of rotatable bonds is 3. The molecule has 178 valence electrons. The number of hydrogen-bond acceptors (Lipinski definition) is 2. The summed E-state index contributed by atoms with van der Waals surface area (Å²) in [5, 5.41) is 9.91. The Balaban J connectivity index is 1.42. The molecule has 0 saturated carbocycles. The zero-order chi connectivity index (χ0) is 25.1. The molecule has 0 atom stereocenters. The first-order valence-electron chi connectivity index (χ1n) is 12.9. The molecule has 0 amide bonds. The summed E-state index contributed by atoms with van der Waals surface area (Å²) in [6.45, 7) is 0. The highest BCUT2D eigenvalue weighted by Crippen LogP contribution is 2.42. The highest BCUT2D eigenvalue weighted by atomic mass is 16.3. The smallest absolute Gasteiger partial charge is 0.135 e. The maximum Gasteiger partial charge on any atom is 0.135 e. The normalized spacial score (nSPS) is 11.7. The molecule has 2 heteroatoms. The third-order valence-corrected chi connectivity index (χ3v) is 7.62. The molecule has 8 aromatic rings. The number of furan rings is 1. The van der Waals surface area contributed by atoms with E-state index in [4.69, 9.17) is 4.42 Å². The largest absolute Gasteiger partial charge is 0.456 e. The molecule has 1 aromatic heterocycles. The predicted molar refractivity (Wildman–Crippen MR) is 161 cm³/mol. The summed E-state index contributed by atoms with van der Waals surface area (Å²) in [5.74, 6) is 0. The lowest BCUT2D eigenvalue weighted by Crippen LogP contribution is -2.09. The van der Waals surface area contributed by atoms with Gasteiger partial charge in [-0.15, -0.1) is 0 Å². The molecule has 0 saturated heterocycles. The van der Waals surface area contributed by atoms with Gasteiger partial charge in [-0.3, -0.25) is 0 Å². The van der Waals surface area contributed by atoms with Gasteiger partial charge in [-0.05, 0) is 80.8 Å². The van der Waals surface area contributed by atoms with Gasteiger partial charge in [-0.25, -0.2) is 0 Å². The van der Waals surface area contributed by atoms with Crippen molar-refractivity contribution >= 4 is 71.3 Å². The maximum atomic E-state index is 6.13. The Morgan fingerprint density at radius 2 is 0.789 bits per heavy atom. The van der Waals surface area contributed by atoms with E-state index in [1.165, 1.54) is 32.3 Å². The Morgan fingerprint density at radius 3 is 1.47 bits per heavy atom. The van der Waals surface area contributed by atoms with Crippen molar-refractivity contribution in [2.75, 3.05) is 4.90 Å². The molecular weight excluding hydrogens is 462 g/mol. The zero-order valence-corrected chi connectivity index (χ0v) is 20.6. The van der Waals surface area contributed by atoms with Crippen molar-refractivity contribution < 1.29 is 4.42 Å². The molecular formula is C36H23NO. The molecule has 0 spiro atoms. The monoisotopic (exact) mass is 485 g/mol. The Kier molecular flexibility index (Phi) is 4.55. The van der Waals surface area contributed by atoms with Crippen LogP contribution < -0.4 is 4.90 Å². The molecule has 0 fully saturated rings. The van der Waals surface area contributed by atoms with E-state index in [0.717, 1.165) is 39.0 Å². The molecule has 2 nitrogen and oxygen atoms in total. The summed E-state index contributed by atoms with van der Waals surface area (Å²) in [4.78, 5) is 2.34. The van der Waals surface area contributed by atoms with Crippen LogP contribution in [0.5, 0.6) is 0 Å². The number of benzene rings is 7. The maximum absolute atomic E-state index is 6.13. The van der Waals surface area contributed by atoms with E-state index in [2.05, 4.69) is 132 Å². The zero-order valence-electron chi connectivity index (χ0n) is 20.6. The first-order valence-corrected chi connectivity index (χ1v) is 12.9. The van der Waals surface area contributed by atoms with Gasteiger partial charge in [0, 0.05) is 27.8 Å². The van der Waals surface area contributed by atoms with Crippen LogP contribution in [0.3, 0.4) is 0 Å². The van der Waals surface area contributed by atoms with Gasteiger partial charge < -0.3 is 9.32 Å². The van der Waals surface area contributed by atoms with Gasteiger partial charge in [0.25, 0.3) is 0 Å². The highest BCUT2D eigenvalue weighted by Gasteiger charge is 2.17. The van der Waals surface area contributed by atoms with Crippen LogP contribution in [0.25, 0.3) is 54.3 Å². The average Bonchev–Trinajstić information content (AvgIpc) is 3.36. The van der Waals surface area contributed by atoms with Crippen molar-refractivity contribution in [2.45, 2.75) is 0 Å². The molecule has 0 unspecified atom stereocenters. The quantitative estimate of drug-likeness (QED) is 0.231. The van der Waals surface area contributed by atoms with Crippen LogP contribution in [0.4, 0.5) is 17.1 Å². The lowest BCUT2D eigenvalue weighted by molar-refractivity contribution is 0.669. The van der Waals surface area contributed by atoms with E-state index in [1.54, 1.807) is 0 Å². The first kappa shape index (κ1) is 21.0. The minimum Gasteiger partial charge on any atom is -0.456 e. The second-order valence-electron chi connectivity index (χ2n) is 9.77. The molecule has 0 N–H and O–H groups in total. The fraction of sp³-hybridized carbons (Fsp3) is 0. The topological polar surface area (TPSA) is 16.4 Å². The number of anilines is 3. The number of para-hydroxylation sites is 2. The van der Waals surface area contributed by atoms with Gasteiger partial charge in [0.2, 0.25) is 0 Å². The Bertz CT molecular complexity index is 2100. The number of fused-ring (bicyclic) bond motifs is 9. The number of hydrogen-bond donors (Lipinski definition) is 0. The van der Waals surface area contributed by atoms with E-state index >= 15 is 0 Å². The van der Waals surface area contributed by atoms with Gasteiger partial charge in [0.15, 0.2) is 0 Å². The second-order valence-corrected chi connectivity index (χ2v) is 9.77. The molecule has 7 aromatic carbocycles. The summed E-state index contributed by atoms with van der Waals surface area (Å²) >= 11 is 0. The molecule has 0 aliphatic heterocycles. The van der Waals surface area contributed by atoms with E-state index in [9.17, 15) is 0 Å². The minimum atomic E-state index is 0.902. The first-order chi connectivity index (χ1) is 18.8. The van der Waals surface area contributed by atoms with Gasteiger partial charge in [0.05, 0.1) is 0 Å². The molecule has 0 radical (unpaired) electrons. The SMILES string of the molecule is c1ccc(N(c2ccc3oc4ccccc4c3c2)c2ccc3c4ccccc4c4ccccc4c3c2)cc1. The molecule has 38 heavy (non-hydrogen) atoms. The fourth-order valence-electron chi connectivity index (χ4n) is 5.91. The van der Waals surface area contributed by atoms with Crippen molar-refractivity contribution in [3.63, 3.8) is 0 Å². The van der Waals surface area contributed by atoms with Crippen molar-refractivity contribution in [3.05, 3.63) is 140 Å². The van der Waals surface area contributed by atoms with Gasteiger partial charge >= 0.3 is 0 Å². The summed E-state index contributed by atoms with van der Waals surface area (Å²) in [6.07, 6.45) is 0. The predicted octanol–water partition coefficient (Wildman–Crippen LogP) is 10.5. The van der Waals surface area contributed by atoms with Crippen LogP contribution in [-0.4, -0.2) is 0 Å². The van der Waals surface area contributed by atoms with E-state index in [-0.39, 0.29) is 0 Å². The van der Waals surface area contributed by atoms with E-state index < -0.39 is 0 Å². The third-order valence-electron chi connectivity index (χ3n) is 7.62. The van der Waals surface area contributed by atoms with Crippen LogP contribution in [0.1, 0.15) is 0 Å². The van der Waals surface area contributed by atoms with E-state index in [1.807, 2.05) is 12.1 Å². The lowest BCUT2D eigenvalue weighted by Gasteiger charge is -2.26. The van der Waals surface area contributed by atoms with Crippen LogP contribution in [0.15, 0.2) is 144 Å². The number of nitrogens with zero attached hydrogens (tertiary/aromatic N) is 1. The van der Waals surface area contributed by atoms with Crippen LogP contribution in [-0.2, 0) is 0 Å². The van der Waals surface area contributed by atoms with Crippen LogP contribution >= 0.6 is 0 Å². The molecule has 0 aliphatic carbocycles. The summed E-state index contributed by atoms with van der Waals surface area (Å²) in [6, 6.07) is 49.6. The Labute approximate surface area is 220 Å². The van der Waals surface area contributed by atoms with Crippen molar-refractivity contribution in [1.29, 1.82) is 0 Å². The van der Waals surface area contributed by atoms with Crippen molar-refractivity contribution in [2.24, 2.45) is 0 Å². The van der Waals surface area contributed by atoms with Crippen molar-refractivity contribution in [3.8, 4) is 0 Å². The Hall–Kier alpha value is -5.08. The molecule has 0 bridgehead atoms. The summed E-state index contributed by atoms with van der Waals surface area (Å²) in [7, 11) is 0. The molecule has 0 aliphatic rings. The average molecular weight is 486 g/mol. The Morgan fingerprint density at radius 1 is 0.316 bits per heavy atom.